The van der Waals surface area contributed by atoms with E-state index in [-0.39, 0.29) is 18.4 Å². The van der Waals surface area contributed by atoms with Gasteiger partial charge in [-0.05, 0) is 56.2 Å². The van der Waals surface area contributed by atoms with Gasteiger partial charge in [-0.25, -0.2) is 4.79 Å². The van der Waals surface area contributed by atoms with Gasteiger partial charge in [0.1, 0.15) is 5.00 Å². The van der Waals surface area contributed by atoms with E-state index in [0.717, 1.165) is 74.9 Å². The highest BCUT2D eigenvalue weighted by molar-refractivity contribution is 7.17. The smallest absolute Gasteiger partial charge is 0.341 e. The van der Waals surface area contributed by atoms with Crippen LogP contribution in [0.2, 0.25) is 0 Å². The minimum atomic E-state index is -0.536. The molecule has 32 heavy (non-hydrogen) atoms. The number of amides is 2. The molecule has 0 unspecified atom stereocenters. The van der Waals surface area contributed by atoms with Crippen molar-refractivity contribution in [3.8, 4) is 0 Å². The first kappa shape index (κ1) is 22.5. The average Bonchev–Trinajstić information content (AvgIpc) is 3.15. The van der Waals surface area contributed by atoms with Gasteiger partial charge in [-0.1, -0.05) is 19.3 Å². The number of nitrogens with one attached hydrogen (secondary N) is 1. The molecule has 7 nitrogen and oxygen atoms in total. The van der Waals surface area contributed by atoms with Crippen molar-refractivity contribution in [3.63, 3.8) is 0 Å². The summed E-state index contributed by atoms with van der Waals surface area (Å²) < 4.78 is 5.48. The summed E-state index contributed by atoms with van der Waals surface area (Å²) in [6.45, 7) is 1.17. The van der Waals surface area contributed by atoms with Gasteiger partial charge >= 0.3 is 5.97 Å². The number of nitrogens with zero attached hydrogens (tertiary/aromatic N) is 2. The number of rotatable bonds is 5. The number of carbonyl (C=O) groups excluding carboxylic acids is 3. The standard InChI is InChI=1S/C24H29N3O4S/c28-20(27-13-6-2-1-3-7-14-27)16-31-24(30)21-18-10-4-5-11-19(18)32-23(21)26-22(29)17-9-8-12-25-15-17/h8-9,12,15H,1-7,10-11,13-14,16H2,(H,26,29). The summed E-state index contributed by atoms with van der Waals surface area (Å²) in [5.74, 6) is -1.00. The van der Waals surface area contributed by atoms with Crippen LogP contribution in [0.4, 0.5) is 5.00 Å². The lowest BCUT2D eigenvalue weighted by Gasteiger charge is -2.24. The number of fused-ring (bicyclic) bond motifs is 1. The molecular formula is C24H29N3O4S. The Bertz CT molecular complexity index is 965. The maximum atomic E-state index is 13.1. The minimum absolute atomic E-state index is 0.148. The molecule has 1 N–H and O–H groups in total. The highest BCUT2D eigenvalue weighted by atomic mass is 32.1. The lowest BCUT2D eigenvalue weighted by atomic mass is 9.95. The zero-order chi connectivity index (χ0) is 22.3. The Morgan fingerprint density at radius 1 is 1.03 bits per heavy atom. The predicted octanol–water partition coefficient (Wildman–Crippen LogP) is 4.22. The molecule has 1 aliphatic carbocycles. The molecule has 0 radical (unpaired) electrons. The lowest BCUT2D eigenvalue weighted by molar-refractivity contribution is -0.134. The summed E-state index contributed by atoms with van der Waals surface area (Å²) >= 11 is 1.43. The second kappa shape index (κ2) is 10.7. The number of hydrogen-bond acceptors (Lipinski definition) is 6. The van der Waals surface area contributed by atoms with E-state index in [2.05, 4.69) is 10.3 Å². The molecule has 2 aromatic rings. The molecule has 0 saturated carbocycles. The highest BCUT2D eigenvalue weighted by Crippen LogP contribution is 2.38. The van der Waals surface area contributed by atoms with Crippen LogP contribution in [-0.4, -0.2) is 47.4 Å². The first-order valence-corrected chi connectivity index (χ1v) is 12.3. The Labute approximate surface area is 192 Å². The number of anilines is 1. The molecular weight excluding hydrogens is 426 g/mol. The van der Waals surface area contributed by atoms with E-state index < -0.39 is 5.97 Å². The Kier molecular flexibility index (Phi) is 7.52. The molecule has 0 spiro atoms. The third-order valence-corrected chi connectivity index (χ3v) is 7.27. The van der Waals surface area contributed by atoms with Gasteiger partial charge in [0.2, 0.25) is 0 Å². The van der Waals surface area contributed by atoms with Crippen molar-refractivity contribution in [1.82, 2.24) is 9.88 Å². The first-order valence-electron chi connectivity index (χ1n) is 11.4. The molecule has 2 amide bonds. The van der Waals surface area contributed by atoms with Gasteiger partial charge in [0, 0.05) is 30.4 Å². The van der Waals surface area contributed by atoms with Gasteiger partial charge in [-0.2, -0.15) is 0 Å². The normalized spacial score (nSPS) is 16.4. The van der Waals surface area contributed by atoms with E-state index in [9.17, 15) is 14.4 Å². The SMILES string of the molecule is O=C(Nc1sc2c(c1C(=O)OCC(=O)N1CCCCCCC1)CCCC2)c1cccnc1. The van der Waals surface area contributed by atoms with E-state index >= 15 is 0 Å². The van der Waals surface area contributed by atoms with Crippen LogP contribution in [0.1, 0.15) is 76.1 Å². The van der Waals surface area contributed by atoms with Crippen molar-refractivity contribution in [2.75, 3.05) is 25.0 Å². The van der Waals surface area contributed by atoms with Gasteiger partial charge in [0.15, 0.2) is 6.61 Å². The van der Waals surface area contributed by atoms with Crippen LogP contribution >= 0.6 is 11.3 Å². The number of esters is 1. The lowest BCUT2D eigenvalue weighted by Crippen LogP contribution is -2.37. The number of hydrogen-bond donors (Lipinski definition) is 1. The number of pyridine rings is 1. The summed E-state index contributed by atoms with van der Waals surface area (Å²) in [6.07, 6.45) is 12.3. The fraction of sp³-hybridized carbons (Fsp3) is 0.500. The summed E-state index contributed by atoms with van der Waals surface area (Å²) in [4.78, 5) is 45.3. The fourth-order valence-electron chi connectivity index (χ4n) is 4.33. The zero-order valence-electron chi connectivity index (χ0n) is 18.2. The summed E-state index contributed by atoms with van der Waals surface area (Å²) in [5.41, 5.74) is 1.78. The number of carbonyl (C=O) groups is 3. The van der Waals surface area contributed by atoms with E-state index in [1.165, 1.54) is 24.0 Å². The van der Waals surface area contributed by atoms with E-state index in [0.29, 0.717) is 16.1 Å². The maximum absolute atomic E-state index is 13.1. The van der Waals surface area contributed by atoms with Crippen molar-refractivity contribution in [2.45, 2.75) is 57.8 Å². The van der Waals surface area contributed by atoms with E-state index in [1.807, 2.05) is 0 Å². The zero-order valence-corrected chi connectivity index (χ0v) is 19.0. The van der Waals surface area contributed by atoms with Gasteiger partial charge in [-0.15, -0.1) is 11.3 Å². The predicted molar refractivity (Wildman–Crippen MR) is 123 cm³/mol. The largest absolute Gasteiger partial charge is 0.452 e. The summed E-state index contributed by atoms with van der Waals surface area (Å²) in [6, 6.07) is 3.37. The van der Waals surface area contributed by atoms with Crippen molar-refractivity contribution >= 4 is 34.1 Å². The Morgan fingerprint density at radius 2 is 1.78 bits per heavy atom. The highest BCUT2D eigenvalue weighted by Gasteiger charge is 2.28. The van der Waals surface area contributed by atoms with Crippen molar-refractivity contribution in [1.29, 1.82) is 0 Å². The van der Waals surface area contributed by atoms with Gasteiger partial charge in [0.05, 0.1) is 11.1 Å². The van der Waals surface area contributed by atoms with E-state index in [1.54, 1.807) is 23.2 Å². The monoisotopic (exact) mass is 455 g/mol. The number of aryl methyl sites for hydroxylation is 1. The van der Waals surface area contributed by atoms with Gasteiger partial charge in [0.25, 0.3) is 11.8 Å². The number of aromatic nitrogens is 1. The molecule has 8 heteroatoms. The molecule has 0 atom stereocenters. The molecule has 1 aliphatic heterocycles. The Balaban J connectivity index is 1.47. The van der Waals surface area contributed by atoms with Crippen molar-refractivity contribution < 1.29 is 19.1 Å². The average molecular weight is 456 g/mol. The second-order valence-corrected chi connectivity index (χ2v) is 9.44. The van der Waals surface area contributed by atoms with Crippen LogP contribution in [0, 0.1) is 0 Å². The minimum Gasteiger partial charge on any atom is -0.452 e. The third-order valence-electron chi connectivity index (χ3n) is 6.06. The molecule has 1 saturated heterocycles. The molecule has 4 rings (SSSR count). The number of likely N-dealkylation sites (tertiary alicyclic amines) is 1. The molecule has 3 heterocycles. The van der Waals surface area contributed by atoms with Crippen LogP contribution in [0.3, 0.4) is 0 Å². The van der Waals surface area contributed by atoms with Crippen molar-refractivity contribution in [2.24, 2.45) is 0 Å². The molecule has 170 valence electrons. The quantitative estimate of drug-likeness (QED) is 0.682. The van der Waals surface area contributed by atoms with Crippen LogP contribution in [0.5, 0.6) is 0 Å². The molecule has 0 bridgehead atoms. The molecule has 2 aromatic heterocycles. The van der Waals surface area contributed by atoms with Crippen LogP contribution in [0.25, 0.3) is 0 Å². The van der Waals surface area contributed by atoms with Crippen LogP contribution in [0.15, 0.2) is 24.5 Å². The Hall–Kier alpha value is -2.74. The van der Waals surface area contributed by atoms with Crippen molar-refractivity contribution in [3.05, 3.63) is 46.1 Å². The summed E-state index contributed by atoms with van der Waals surface area (Å²) in [7, 11) is 0. The van der Waals surface area contributed by atoms with Crippen LogP contribution in [-0.2, 0) is 22.4 Å². The maximum Gasteiger partial charge on any atom is 0.341 e. The molecule has 1 fully saturated rings. The number of thiophene rings is 1. The first-order chi connectivity index (χ1) is 15.6. The topological polar surface area (TPSA) is 88.6 Å². The third kappa shape index (κ3) is 5.35. The number of ether oxygens (including phenoxy) is 1. The fourth-order valence-corrected chi connectivity index (χ4v) is 5.60. The molecule has 0 aromatic carbocycles. The summed E-state index contributed by atoms with van der Waals surface area (Å²) in [5, 5.41) is 3.37. The Morgan fingerprint density at radius 3 is 2.53 bits per heavy atom. The van der Waals surface area contributed by atoms with E-state index in [4.69, 9.17) is 4.74 Å². The molecule has 2 aliphatic rings. The van der Waals surface area contributed by atoms with Crippen LogP contribution < -0.4 is 5.32 Å². The second-order valence-electron chi connectivity index (χ2n) is 8.34. The van der Waals surface area contributed by atoms with Gasteiger partial charge in [-0.3, -0.25) is 14.6 Å². The van der Waals surface area contributed by atoms with Gasteiger partial charge < -0.3 is 15.0 Å².